The first-order chi connectivity index (χ1) is 6.11. The molecule has 0 radical (unpaired) electrons. The summed E-state index contributed by atoms with van der Waals surface area (Å²) in [5.41, 5.74) is 5.10. The van der Waals surface area contributed by atoms with Crippen LogP contribution >= 0.6 is 0 Å². The largest absolute Gasteiger partial charge is 0.481 e. The van der Waals surface area contributed by atoms with Crippen molar-refractivity contribution in [3.8, 4) is 0 Å². The van der Waals surface area contributed by atoms with Crippen LogP contribution in [0.2, 0.25) is 0 Å². The zero-order valence-corrected chi connectivity index (χ0v) is 6.71. The Balaban J connectivity index is 2.30. The van der Waals surface area contributed by atoms with Crippen LogP contribution in [-0.4, -0.2) is 29.2 Å². The number of primary amides is 1. The van der Waals surface area contributed by atoms with Crippen molar-refractivity contribution in [2.45, 2.75) is 12.2 Å². The average Bonchev–Trinajstić information content (AvgIpc) is 2.60. The van der Waals surface area contributed by atoms with Gasteiger partial charge in [-0.3, -0.25) is 9.59 Å². The van der Waals surface area contributed by atoms with Gasteiger partial charge in [0.1, 0.15) is 5.92 Å². The molecule has 2 rings (SSSR count). The molecule has 13 heavy (non-hydrogen) atoms. The van der Waals surface area contributed by atoms with Gasteiger partial charge in [-0.25, -0.2) is 0 Å². The van der Waals surface area contributed by atoms with Gasteiger partial charge < -0.3 is 15.6 Å². The fraction of sp³-hybridized carbons (Fsp3) is 0.500. The van der Waals surface area contributed by atoms with E-state index < -0.39 is 35.9 Å². The van der Waals surface area contributed by atoms with Gasteiger partial charge in [0.25, 0.3) is 0 Å². The maximum Gasteiger partial charge on any atom is 0.310 e. The summed E-state index contributed by atoms with van der Waals surface area (Å²) in [5, 5.41) is 8.83. The second-order valence-electron chi connectivity index (χ2n) is 3.24. The van der Waals surface area contributed by atoms with Gasteiger partial charge in [0.15, 0.2) is 0 Å². The Labute approximate surface area is 74.2 Å². The number of rotatable bonds is 2. The van der Waals surface area contributed by atoms with Gasteiger partial charge in [0, 0.05) is 0 Å². The number of carboxylic acids is 1. The van der Waals surface area contributed by atoms with Crippen molar-refractivity contribution in [1.29, 1.82) is 0 Å². The summed E-state index contributed by atoms with van der Waals surface area (Å²) in [7, 11) is 0. The van der Waals surface area contributed by atoms with E-state index in [-0.39, 0.29) is 0 Å². The molecule has 0 aromatic heterocycles. The predicted molar refractivity (Wildman–Crippen MR) is 41.6 cm³/mol. The van der Waals surface area contributed by atoms with E-state index >= 15 is 0 Å². The summed E-state index contributed by atoms with van der Waals surface area (Å²) < 4.78 is 5.23. The van der Waals surface area contributed by atoms with E-state index in [1.165, 1.54) is 0 Å². The highest BCUT2D eigenvalue weighted by Crippen LogP contribution is 2.38. The number of hydrogen-bond acceptors (Lipinski definition) is 3. The molecule has 0 unspecified atom stereocenters. The molecule has 4 atom stereocenters. The fourth-order valence-electron chi connectivity index (χ4n) is 1.94. The lowest BCUT2D eigenvalue weighted by Crippen LogP contribution is -2.39. The molecule has 5 heteroatoms. The van der Waals surface area contributed by atoms with Crippen LogP contribution in [0.5, 0.6) is 0 Å². The zero-order chi connectivity index (χ0) is 9.59. The van der Waals surface area contributed by atoms with Crippen LogP contribution in [0.4, 0.5) is 0 Å². The minimum absolute atomic E-state index is 0.441. The SMILES string of the molecule is NC(=O)[C@H]1[C@H](C(=O)O)[C@H]2C=C[C@H]1O2. The van der Waals surface area contributed by atoms with Crippen LogP contribution in [0.15, 0.2) is 12.2 Å². The molecule has 2 aliphatic heterocycles. The van der Waals surface area contributed by atoms with Crippen molar-refractivity contribution in [3.05, 3.63) is 12.2 Å². The van der Waals surface area contributed by atoms with E-state index in [1.807, 2.05) is 0 Å². The lowest BCUT2D eigenvalue weighted by molar-refractivity contribution is -0.146. The van der Waals surface area contributed by atoms with Gasteiger partial charge in [-0.15, -0.1) is 0 Å². The molecule has 2 aliphatic rings. The Kier molecular flexibility index (Phi) is 1.63. The minimum Gasteiger partial charge on any atom is -0.481 e. The van der Waals surface area contributed by atoms with E-state index in [2.05, 4.69) is 0 Å². The first kappa shape index (κ1) is 8.25. The van der Waals surface area contributed by atoms with Crippen molar-refractivity contribution in [2.75, 3.05) is 0 Å². The van der Waals surface area contributed by atoms with Crippen LogP contribution in [0, 0.1) is 11.8 Å². The monoisotopic (exact) mass is 183 g/mol. The van der Waals surface area contributed by atoms with Crippen molar-refractivity contribution in [3.63, 3.8) is 0 Å². The Bertz CT molecular complexity index is 271. The number of ether oxygens (including phenoxy) is 1. The molecule has 0 saturated carbocycles. The third kappa shape index (κ3) is 1.04. The Morgan fingerprint density at radius 1 is 1.23 bits per heavy atom. The molecule has 5 nitrogen and oxygen atoms in total. The Morgan fingerprint density at radius 3 is 2.15 bits per heavy atom. The second kappa shape index (κ2) is 2.56. The van der Waals surface area contributed by atoms with Gasteiger partial charge in [0.05, 0.1) is 18.1 Å². The quantitative estimate of drug-likeness (QED) is 0.544. The lowest BCUT2D eigenvalue weighted by Gasteiger charge is -2.17. The molecule has 70 valence electrons. The van der Waals surface area contributed by atoms with E-state index in [9.17, 15) is 9.59 Å². The number of carbonyl (C=O) groups excluding carboxylic acids is 1. The van der Waals surface area contributed by atoms with Crippen molar-refractivity contribution in [1.82, 2.24) is 0 Å². The van der Waals surface area contributed by atoms with Crippen LogP contribution < -0.4 is 5.73 Å². The summed E-state index contributed by atoms with van der Waals surface area (Å²) in [5.74, 6) is -3.16. The van der Waals surface area contributed by atoms with E-state index in [1.54, 1.807) is 12.2 Å². The van der Waals surface area contributed by atoms with Crippen molar-refractivity contribution >= 4 is 11.9 Å². The highest BCUT2D eigenvalue weighted by atomic mass is 16.5. The van der Waals surface area contributed by atoms with Crippen molar-refractivity contribution in [2.24, 2.45) is 17.6 Å². The van der Waals surface area contributed by atoms with Gasteiger partial charge in [-0.1, -0.05) is 12.2 Å². The number of hydrogen-bond donors (Lipinski definition) is 2. The summed E-state index contributed by atoms with van der Waals surface area (Å²) in [6, 6.07) is 0. The summed E-state index contributed by atoms with van der Waals surface area (Å²) >= 11 is 0. The highest BCUT2D eigenvalue weighted by molar-refractivity contribution is 5.86. The van der Waals surface area contributed by atoms with Gasteiger partial charge >= 0.3 is 5.97 Å². The van der Waals surface area contributed by atoms with E-state index in [0.717, 1.165) is 0 Å². The number of carboxylic acid groups (broad SMARTS) is 1. The molecule has 1 amide bonds. The summed E-state index contributed by atoms with van der Waals surface area (Å²) in [6.07, 6.45) is 2.44. The maximum absolute atomic E-state index is 11.0. The third-order valence-electron chi connectivity index (χ3n) is 2.51. The molecule has 1 saturated heterocycles. The van der Waals surface area contributed by atoms with Crippen LogP contribution in [-0.2, 0) is 14.3 Å². The summed E-state index contributed by atoms with van der Waals surface area (Å²) in [4.78, 5) is 21.7. The molecule has 0 aromatic carbocycles. The molecule has 2 heterocycles. The molecule has 0 spiro atoms. The molecule has 1 fully saturated rings. The normalized spacial score (nSPS) is 40.9. The minimum atomic E-state index is -1.03. The van der Waals surface area contributed by atoms with Gasteiger partial charge in [0.2, 0.25) is 5.91 Å². The fourth-order valence-corrected chi connectivity index (χ4v) is 1.94. The molecule has 2 bridgehead atoms. The number of nitrogens with two attached hydrogens (primary N) is 1. The zero-order valence-electron chi connectivity index (χ0n) is 6.71. The van der Waals surface area contributed by atoms with Crippen LogP contribution in [0.1, 0.15) is 0 Å². The standard InChI is InChI=1S/C8H9NO4/c9-7(10)5-3-1-2-4(13-3)6(5)8(11)12/h1-6H,(H2,9,10)(H,11,12)/t3-,4-,5-,6-/m1/s1. The van der Waals surface area contributed by atoms with Crippen LogP contribution in [0.25, 0.3) is 0 Å². The summed E-state index contributed by atoms with van der Waals surface area (Å²) in [6.45, 7) is 0. The predicted octanol–water partition coefficient (Wildman–Crippen LogP) is -0.874. The second-order valence-corrected chi connectivity index (χ2v) is 3.24. The molecular weight excluding hydrogens is 174 g/mol. The lowest BCUT2D eigenvalue weighted by atomic mass is 9.83. The molecular formula is C8H9NO4. The first-order valence-electron chi connectivity index (χ1n) is 3.97. The first-order valence-corrected chi connectivity index (χ1v) is 3.97. The van der Waals surface area contributed by atoms with E-state index in [4.69, 9.17) is 15.6 Å². The number of aliphatic carboxylic acids is 1. The third-order valence-corrected chi connectivity index (χ3v) is 2.51. The number of amides is 1. The highest BCUT2D eigenvalue weighted by Gasteiger charge is 2.52. The molecule has 0 aliphatic carbocycles. The smallest absolute Gasteiger partial charge is 0.310 e. The number of carbonyl (C=O) groups is 2. The topological polar surface area (TPSA) is 89.6 Å². The molecule has 3 N–H and O–H groups in total. The average molecular weight is 183 g/mol. The van der Waals surface area contributed by atoms with Gasteiger partial charge in [-0.05, 0) is 0 Å². The Hall–Kier alpha value is -1.36. The molecule has 0 aromatic rings. The van der Waals surface area contributed by atoms with Gasteiger partial charge in [-0.2, -0.15) is 0 Å². The van der Waals surface area contributed by atoms with E-state index in [0.29, 0.717) is 0 Å². The number of fused-ring (bicyclic) bond motifs is 2. The van der Waals surface area contributed by atoms with Crippen LogP contribution in [0.3, 0.4) is 0 Å². The Morgan fingerprint density at radius 2 is 1.77 bits per heavy atom. The van der Waals surface area contributed by atoms with Crippen molar-refractivity contribution < 1.29 is 19.4 Å². The maximum atomic E-state index is 11.0.